The molecule has 1 aromatic rings. The van der Waals surface area contributed by atoms with Gasteiger partial charge in [0.05, 0.1) is 31.5 Å². The topological polar surface area (TPSA) is 51.7 Å². The van der Waals surface area contributed by atoms with Gasteiger partial charge in [0.2, 0.25) is 5.91 Å². The Morgan fingerprint density at radius 2 is 2.30 bits per heavy atom. The van der Waals surface area contributed by atoms with E-state index in [0.717, 1.165) is 30.7 Å². The molecule has 0 radical (unpaired) electrons. The lowest BCUT2D eigenvalue weighted by Gasteiger charge is -2.53. The molecule has 0 unspecified atom stereocenters. The molecule has 3 rings (SSSR count). The second-order valence-corrected chi connectivity index (χ2v) is 6.73. The highest BCUT2D eigenvalue weighted by atomic mass is 16.5. The lowest BCUT2D eigenvalue weighted by molar-refractivity contribution is -0.202. The lowest BCUT2D eigenvalue weighted by Crippen LogP contribution is -2.67. The molecule has 2 aliphatic heterocycles. The molecule has 5 heteroatoms. The van der Waals surface area contributed by atoms with Crippen LogP contribution in [0.25, 0.3) is 0 Å². The van der Waals surface area contributed by atoms with Gasteiger partial charge in [-0.2, -0.15) is 0 Å². The van der Waals surface area contributed by atoms with Gasteiger partial charge in [-0.15, -0.1) is 0 Å². The van der Waals surface area contributed by atoms with E-state index in [0.29, 0.717) is 32.7 Å². The molecular weight excluding hydrogens is 292 g/mol. The Labute approximate surface area is 138 Å². The lowest BCUT2D eigenvalue weighted by atomic mass is 9.84. The molecule has 0 bridgehead atoms. The molecule has 1 aromatic heterocycles. The molecule has 2 aliphatic rings. The molecule has 23 heavy (non-hydrogen) atoms. The van der Waals surface area contributed by atoms with Crippen LogP contribution in [0.4, 0.5) is 0 Å². The smallest absolute Gasteiger partial charge is 0.222 e. The molecule has 2 saturated heterocycles. The fourth-order valence-corrected chi connectivity index (χ4v) is 3.43. The van der Waals surface area contributed by atoms with E-state index in [1.54, 1.807) is 0 Å². The number of nitrogens with zero attached hydrogens (tertiary/aromatic N) is 2. The Bertz CT molecular complexity index is 555. The first kappa shape index (κ1) is 16.4. The summed E-state index contributed by atoms with van der Waals surface area (Å²) in [6.07, 6.45) is 3.51. The summed E-state index contributed by atoms with van der Waals surface area (Å²) in [6, 6.07) is 6.00. The number of aromatic nitrogens is 1. The fraction of sp³-hybridized carbons (Fsp3) is 0.667. The zero-order chi connectivity index (χ0) is 16.3. The van der Waals surface area contributed by atoms with E-state index in [2.05, 4.69) is 4.98 Å². The van der Waals surface area contributed by atoms with Gasteiger partial charge in [0.15, 0.2) is 0 Å². The maximum Gasteiger partial charge on any atom is 0.222 e. The number of amides is 1. The average molecular weight is 318 g/mol. The van der Waals surface area contributed by atoms with Gasteiger partial charge in [0.1, 0.15) is 5.60 Å². The van der Waals surface area contributed by atoms with Crippen molar-refractivity contribution in [2.24, 2.45) is 0 Å². The summed E-state index contributed by atoms with van der Waals surface area (Å²) in [5, 5.41) is 0. The van der Waals surface area contributed by atoms with E-state index < -0.39 is 0 Å². The largest absolute Gasteiger partial charge is 0.372 e. The molecule has 1 spiro atoms. The number of hydrogen-bond donors (Lipinski definition) is 0. The molecule has 3 heterocycles. The van der Waals surface area contributed by atoms with Crippen LogP contribution in [0, 0.1) is 6.92 Å². The number of carbonyl (C=O) groups excluding carboxylic acids is 1. The first-order valence-electron chi connectivity index (χ1n) is 8.56. The maximum absolute atomic E-state index is 11.9. The third kappa shape index (κ3) is 3.90. The van der Waals surface area contributed by atoms with Crippen LogP contribution in [0.2, 0.25) is 0 Å². The zero-order valence-corrected chi connectivity index (χ0v) is 14.1. The van der Waals surface area contributed by atoms with Gasteiger partial charge < -0.3 is 14.4 Å². The molecule has 1 atom stereocenters. The minimum atomic E-state index is -0.174. The second kappa shape index (κ2) is 6.97. The summed E-state index contributed by atoms with van der Waals surface area (Å²) < 4.78 is 12.0. The van der Waals surface area contributed by atoms with Crippen molar-refractivity contribution in [2.45, 2.75) is 57.8 Å². The third-order valence-electron chi connectivity index (χ3n) is 4.64. The Morgan fingerprint density at radius 3 is 3.04 bits per heavy atom. The first-order chi connectivity index (χ1) is 11.1. The quantitative estimate of drug-likeness (QED) is 0.837. The second-order valence-electron chi connectivity index (χ2n) is 6.73. The number of rotatable bonds is 5. The molecule has 0 saturated carbocycles. The van der Waals surface area contributed by atoms with Gasteiger partial charge in [0, 0.05) is 25.1 Å². The number of carbonyl (C=O) groups is 1. The maximum atomic E-state index is 11.9. The molecule has 0 aliphatic carbocycles. The van der Waals surface area contributed by atoms with E-state index in [-0.39, 0.29) is 17.6 Å². The van der Waals surface area contributed by atoms with Crippen molar-refractivity contribution < 1.29 is 14.3 Å². The highest BCUT2D eigenvalue weighted by molar-refractivity contribution is 5.77. The number of aryl methyl sites for hydroxylation is 1. The monoisotopic (exact) mass is 318 g/mol. The third-order valence-corrected chi connectivity index (χ3v) is 4.64. The van der Waals surface area contributed by atoms with Crippen molar-refractivity contribution in [1.29, 1.82) is 0 Å². The van der Waals surface area contributed by atoms with Gasteiger partial charge >= 0.3 is 0 Å². The van der Waals surface area contributed by atoms with Gasteiger partial charge in [-0.05, 0) is 31.9 Å². The van der Waals surface area contributed by atoms with Crippen LogP contribution < -0.4 is 0 Å². The Hall–Kier alpha value is -1.46. The van der Waals surface area contributed by atoms with Crippen molar-refractivity contribution >= 4 is 5.91 Å². The van der Waals surface area contributed by atoms with Gasteiger partial charge in [-0.1, -0.05) is 13.0 Å². The highest BCUT2D eigenvalue weighted by Crippen LogP contribution is 2.35. The molecular formula is C18H26N2O3. The molecule has 2 fully saturated rings. The molecule has 5 nitrogen and oxygen atoms in total. The minimum absolute atomic E-state index is 0.174. The molecule has 0 aromatic carbocycles. The Balaban J connectivity index is 1.49. The summed E-state index contributed by atoms with van der Waals surface area (Å²) in [4.78, 5) is 18.3. The van der Waals surface area contributed by atoms with Crippen molar-refractivity contribution in [3.63, 3.8) is 0 Å². The van der Waals surface area contributed by atoms with Crippen molar-refractivity contribution in [1.82, 2.24) is 9.88 Å². The summed E-state index contributed by atoms with van der Waals surface area (Å²) in [7, 11) is 0. The van der Waals surface area contributed by atoms with Crippen LogP contribution >= 0.6 is 0 Å². The van der Waals surface area contributed by atoms with Crippen LogP contribution in [0.3, 0.4) is 0 Å². The molecule has 1 amide bonds. The highest BCUT2D eigenvalue weighted by Gasteiger charge is 2.49. The van der Waals surface area contributed by atoms with Gasteiger partial charge in [-0.3, -0.25) is 9.78 Å². The zero-order valence-electron chi connectivity index (χ0n) is 14.1. The summed E-state index contributed by atoms with van der Waals surface area (Å²) in [6.45, 7) is 6.71. The average Bonchev–Trinajstić information content (AvgIpc) is 2.51. The van der Waals surface area contributed by atoms with Crippen molar-refractivity contribution in [3.8, 4) is 0 Å². The van der Waals surface area contributed by atoms with Crippen molar-refractivity contribution in [2.75, 3.05) is 19.7 Å². The van der Waals surface area contributed by atoms with E-state index in [9.17, 15) is 4.79 Å². The predicted octanol–water partition coefficient (Wildman–Crippen LogP) is 2.47. The SMILES string of the molecule is CCCC(=O)N1CC2(C[C@H](OCc3cccc(C)n3)CCO2)C1. The van der Waals surface area contributed by atoms with E-state index in [4.69, 9.17) is 9.47 Å². The summed E-state index contributed by atoms with van der Waals surface area (Å²) in [5.74, 6) is 0.244. The molecule has 126 valence electrons. The normalized spacial score (nSPS) is 22.9. The van der Waals surface area contributed by atoms with Crippen molar-refractivity contribution in [3.05, 3.63) is 29.6 Å². The van der Waals surface area contributed by atoms with E-state index in [1.807, 2.05) is 36.9 Å². The number of pyridine rings is 1. The van der Waals surface area contributed by atoms with Crippen LogP contribution in [0.1, 0.15) is 44.0 Å². The number of ether oxygens (including phenoxy) is 2. The van der Waals surface area contributed by atoms with Gasteiger partial charge in [0.25, 0.3) is 0 Å². The fourth-order valence-electron chi connectivity index (χ4n) is 3.43. The van der Waals surface area contributed by atoms with Crippen LogP contribution in [0.15, 0.2) is 18.2 Å². The Kier molecular flexibility index (Phi) is 4.97. The minimum Gasteiger partial charge on any atom is -0.372 e. The Morgan fingerprint density at radius 1 is 1.48 bits per heavy atom. The predicted molar refractivity (Wildman–Crippen MR) is 87.0 cm³/mol. The van der Waals surface area contributed by atoms with E-state index >= 15 is 0 Å². The number of likely N-dealkylation sites (tertiary alicyclic amines) is 1. The summed E-state index contributed by atoms with van der Waals surface area (Å²) in [5.41, 5.74) is 1.81. The van der Waals surface area contributed by atoms with Crippen LogP contribution in [-0.4, -0.2) is 47.2 Å². The van der Waals surface area contributed by atoms with E-state index in [1.165, 1.54) is 0 Å². The number of hydrogen-bond acceptors (Lipinski definition) is 4. The molecule has 0 N–H and O–H groups in total. The van der Waals surface area contributed by atoms with Crippen LogP contribution in [0.5, 0.6) is 0 Å². The van der Waals surface area contributed by atoms with Crippen LogP contribution in [-0.2, 0) is 20.9 Å². The standard InChI is InChI=1S/C18H26N2O3/c1-3-5-17(21)20-12-18(13-20)10-16(8-9-23-18)22-11-15-7-4-6-14(2)19-15/h4,6-7,16H,3,5,8-13H2,1-2H3/t16-/m1/s1. The summed E-state index contributed by atoms with van der Waals surface area (Å²) >= 11 is 0. The first-order valence-corrected chi connectivity index (χ1v) is 8.56. The van der Waals surface area contributed by atoms with Gasteiger partial charge in [-0.25, -0.2) is 0 Å².